The number of aliphatic imine (C=N–C) groups is 2. The lowest BCUT2D eigenvalue weighted by Gasteiger charge is -2.55. The molecular formula is C45H66N16O16. The molecule has 18 N–H and O–H groups in total. The van der Waals surface area contributed by atoms with Gasteiger partial charge in [-0.1, -0.05) is 30.3 Å². The number of nitrogens with zero attached hydrogens (tertiary/aromatic N) is 4. The van der Waals surface area contributed by atoms with Crippen molar-refractivity contribution in [3.63, 3.8) is 0 Å². The van der Waals surface area contributed by atoms with E-state index in [-0.39, 0.29) is 63.1 Å². The molecule has 0 saturated carbocycles. The third-order valence-corrected chi connectivity index (χ3v) is 12.0. The number of carbonyl (C=O) groups is 10. The number of hydrogen-bond donors (Lipinski definition) is 14. The summed E-state index contributed by atoms with van der Waals surface area (Å²) in [5.74, 6) is -6.34. The second-order valence-electron chi connectivity index (χ2n) is 18.1. The van der Waals surface area contributed by atoms with E-state index >= 15 is 0 Å². The van der Waals surface area contributed by atoms with Gasteiger partial charge in [0.2, 0.25) is 53.2 Å². The van der Waals surface area contributed by atoms with Crippen LogP contribution in [0.3, 0.4) is 0 Å². The van der Waals surface area contributed by atoms with E-state index in [9.17, 15) is 58.2 Å². The molecule has 6 heterocycles. The van der Waals surface area contributed by atoms with E-state index in [1.54, 1.807) is 13.8 Å². The molecule has 32 nitrogen and oxygen atoms in total. The Balaban J connectivity index is 0.000000482. The van der Waals surface area contributed by atoms with Crippen molar-refractivity contribution in [2.75, 3.05) is 45.9 Å². The molecular weight excluding hydrogens is 1020 g/mol. The molecule has 422 valence electrons. The van der Waals surface area contributed by atoms with Crippen molar-refractivity contribution in [3.8, 4) is 0 Å². The largest absolute Gasteiger partial charge is 0.394 e. The summed E-state index contributed by atoms with van der Waals surface area (Å²) < 4.78 is 0. The van der Waals surface area contributed by atoms with Gasteiger partial charge in [-0.3, -0.25) is 57.9 Å². The van der Waals surface area contributed by atoms with E-state index in [1.165, 1.54) is 18.7 Å². The Morgan fingerprint density at radius 2 is 1.18 bits per heavy atom. The number of fused-ring (bicyclic) bond motifs is 22. The molecule has 0 spiro atoms. The molecule has 8 atom stereocenters. The Morgan fingerprint density at radius 3 is 1.65 bits per heavy atom. The van der Waals surface area contributed by atoms with Crippen LogP contribution in [0.4, 0.5) is 0 Å². The van der Waals surface area contributed by atoms with Crippen LogP contribution in [0.15, 0.2) is 40.3 Å². The number of nitrogens with one attached hydrogen (secondary N) is 8. The molecule has 6 saturated heterocycles. The van der Waals surface area contributed by atoms with E-state index in [2.05, 4.69) is 52.5 Å². The van der Waals surface area contributed by atoms with E-state index in [4.69, 9.17) is 42.1 Å². The minimum Gasteiger partial charge on any atom is -0.394 e. The quantitative estimate of drug-likeness (QED) is 0.0304. The fourth-order valence-corrected chi connectivity index (χ4v) is 8.00. The molecule has 7 rings (SSSR count). The number of benzene rings is 1. The van der Waals surface area contributed by atoms with Gasteiger partial charge >= 0.3 is 12.3 Å². The fourth-order valence-electron chi connectivity index (χ4n) is 8.00. The molecule has 0 aliphatic carbocycles. The molecule has 6 aliphatic heterocycles. The minimum atomic E-state index is -1.43. The molecule has 1 aromatic carbocycles. The number of guanidine groups is 2. The van der Waals surface area contributed by atoms with E-state index in [0.29, 0.717) is 12.8 Å². The summed E-state index contributed by atoms with van der Waals surface area (Å²) in [6.07, 6.45) is 0.302. The van der Waals surface area contributed by atoms with Crippen LogP contribution in [0.1, 0.15) is 58.9 Å². The van der Waals surface area contributed by atoms with Gasteiger partial charge in [0.05, 0.1) is 38.4 Å². The highest BCUT2D eigenvalue weighted by atomic mass is 16.3. The second-order valence-corrected chi connectivity index (χ2v) is 18.1. The first kappa shape index (κ1) is 64.3. The molecule has 1 aromatic rings. The average Bonchev–Trinajstić information content (AvgIpc) is 3.37. The molecule has 4 bridgehead atoms. The normalized spacial score (nSPS) is 24.9. The van der Waals surface area contributed by atoms with Crippen molar-refractivity contribution in [1.29, 1.82) is 0 Å². The Hall–Kier alpha value is -8.86. The Kier molecular flexibility index (Phi) is 25.4. The third-order valence-electron chi connectivity index (χ3n) is 12.0. The predicted molar refractivity (Wildman–Crippen MR) is 262 cm³/mol. The van der Waals surface area contributed by atoms with Crippen LogP contribution in [0.2, 0.25) is 0 Å². The van der Waals surface area contributed by atoms with Gasteiger partial charge in [-0.05, 0) is 58.9 Å². The first-order valence-electron chi connectivity index (χ1n) is 23.6. The van der Waals surface area contributed by atoms with Crippen LogP contribution in [0.5, 0.6) is 0 Å². The zero-order chi connectivity index (χ0) is 58.2. The summed E-state index contributed by atoms with van der Waals surface area (Å²) in [7, 11) is 0. The van der Waals surface area contributed by atoms with Gasteiger partial charge in [0.1, 0.15) is 47.8 Å². The number of aliphatic hydroxyl groups is 2. The van der Waals surface area contributed by atoms with Gasteiger partial charge in [0.25, 0.3) is 5.91 Å². The smallest absolute Gasteiger partial charge is 0.373 e. The average molecular weight is 1090 g/mol. The van der Waals surface area contributed by atoms with Gasteiger partial charge in [0.15, 0.2) is 11.9 Å². The monoisotopic (exact) mass is 1090 g/mol. The molecule has 6 aliphatic rings. The summed E-state index contributed by atoms with van der Waals surface area (Å²) in [6, 6.07) is 2.86. The Bertz CT molecular complexity index is 2430. The SMILES string of the molecule is C[C@@H]1NC(=O)CNC(=O)[C@H](CCCN=C(N)N)NC(=O)C(C)(C)N2CC(Cc3ccccc3)(NC1=O)C2=O.C[C@@H]1NC(=O)CNC(=O)[C@H](CCCN=C(N)N)NC(=O)CN2C(=O)C(NC1=O)[C@H]2[C@H](O)CO.O=C=O.O=C=O. The molecule has 0 aromatic heterocycles. The van der Waals surface area contributed by atoms with Crippen LogP contribution in [-0.4, -0.2) is 203 Å². The number of hydrogen-bond acceptors (Lipinski definition) is 18. The number of carbonyl (C=O) groups excluding carboxylic acids is 14. The topological polar surface area (TPSA) is 511 Å². The van der Waals surface area contributed by atoms with Crippen LogP contribution in [-0.2, 0) is 73.5 Å². The van der Waals surface area contributed by atoms with Crippen LogP contribution < -0.4 is 65.5 Å². The summed E-state index contributed by atoms with van der Waals surface area (Å²) in [4.78, 5) is 170. The number of nitrogens with two attached hydrogens (primary N) is 4. The maximum Gasteiger partial charge on any atom is 0.373 e. The van der Waals surface area contributed by atoms with Crippen molar-refractivity contribution in [1.82, 2.24) is 52.3 Å². The van der Waals surface area contributed by atoms with Crippen LogP contribution in [0, 0.1) is 0 Å². The van der Waals surface area contributed by atoms with Crippen molar-refractivity contribution in [2.45, 2.75) is 113 Å². The maximum absolute atomic E-state index is 13.7. The third kappa shape index (κ3) is 19.1. The summed E-state index contributed by atoms with van der Waals surface area (Å²) in [5.41, 5.74) is 19.4. The molecule has 32 heteroatoms. The van der Waals surface area contributed by atoms with Crippen molar-refractivity contribution < 1.29 is 77.3 Å². The second kappa shape index (κ2) is 30.5. The standard InChI is InChI=1S/C25H36N8O5.C18H30N8O7.2CO2/c1-15-19(35)32-25(12-16-8-5-4-6-9-16)14-33(22(25)38)24(2,3)21(37)31-17(10-7-11-28-23(26)27)20(36)29-13-18(34)30-15;1-8-15(31)25-13-14(10(28)7-27)26(17(13)33)6-12(30)24-9(3-2-4-21-18(19)20)16(32)22-5-11(29)23-8;2*2-1-3/h4-6,8-9,15,17H,7,10-14H2,1-3H3,(H,29,36)(H,30,34)(H,31,37)(H,32,35)(H4,26,27,28);8-10,13-14,27-28H,2-7H2,1H3,(H,22,32)(H,23,29)(H,24,30)(H,25,31)(H4,19,20,21);;/t15-,17-,25?;8-,9-,10+,13?,14+;;/m00../s1. The van der Waals surface area contributed by atoms with E-state index in [0.717, 1.165) is 10.5 Å². The van der Waals surface area contributed by atoms with Gasteiger partial charge in [-0.15, -0.1) is 0 Å². The zero-order valence-electron chi connectivity index (χ0n) is 42.6. The number of amides is 10. The predicted octanol–water partition coefficient (Wildman–Crippen LogP) is -9.08. The number of aliphatic hydroxyl groups excluding tert-OH is 2. The Morgan fingerprint density at radius 1 is 0.701 bits per heavy atom. The fraction of sp³-hybridized carbons (Fsp3) is 0.556. The van der Waals surface area contributed by atoms with Crippen LogP contribution >= 0.6 is 0 Å². The summed E-state index contributed by atoms with van der Waals surface area (Å²) in [6.45, 7) is 4.45. The van der Waals surface area contributed by atoms with Gasteiger partial charge < -0.3 is 85.5 Å². The molecule has 77 heavy (non-hydrogen) atoms. The highest BCUT2D eigenvalue weighted by molar-refractivity contribution is 6.04. The molecule has 0 radical (unpaired) electrons. The van der Waals surface area contributed by atoms with Crippen molar-refractivity contribution in [3.05, 3.63) is 35.9 Å². The number of β-lactam (4-membered cyclic amide) rings is 2. The lowest BCUT2D eigenvalue weighted by molar-refractivity contribution is -0.193. The van der Waals surface area contributed by atoms with Crippen molar-refractivity contribution >= 4 is 83.3 Å². The maximum atomic E-state index is 13.7. The first-order valence-corrected chi connectivity index (χ1v) is 23.6. The van der Waals surface area contributed by atoms with Crippen LogP contribution in [0.25, 0.3) is 0 Å². The molecule has 6 fully saturated rings. The summed E-state index contributed by atoms with van der Waals surface area (Å²) >= 11 is 0. The van der Waals surface area contributed by atoms with Gasteiger partial charge in [-0.25, -0.2) is 0 Å². The minimum absolute atomic E-state index is 0.0644. The number of rotatable bonds is 12. The zero-order valence-corrected chi connectivity index (χ0v) is 42.6. The molecule has 10 amide bonds. The van der Waals surface area contributed by atoms with Gasteiger partial charge in [0, 0.05) is 19.5 Å². The lowest BCUT2D eigenvalue weighted by atomic mass is 9.78. The van der Waals surface area contributed by atoms with Crippen molar-refractivity contribution in [2.24, 2.45) is 32.9 Å². The van der Waals surface area contributed by atoms with E-state index < -0.39 is 139 Å². The molecule has 2 unspecified atom stereocenters. The highest BCUT2D eigenvalue weighted by Gasteiger charge is 2.59. The van der Waals surface area contributed by atoms with E-state index in [1.807, 2.05) is 30.3 Å². The summed E-state index contributed by atoms with van der Waals surface area (Å²) in [5, 5.41) is 39.7. The highest BCUT2D eigenvalue weighted by Crippen LogP contribution is 2.34. The Labute approximate surface area is 440 Å². The van der Waals surface area contributed by atoms with Gasteiger partial charge in [-0.2, -0.15) is 19.2 Å². The first-order chi connectivity index (χ1) is 36.2. The lowest BCUT2D eigenvalue weighted by Crippen LogP contribution is -2.81.